The van der Waals surface area contributed by atoms with Gasteiger partial charge in [0, 0.05) is 11.8 Å². The molecule has 0 spiro atoms. The van der Waals surface area contributed by atoms with Crippen molar-refractivity contribution in [1.29, 1.82) is 0 Å². The maximum absolute atomic E-state index is 5.99. The van der Waals surface area contributed by atoms with Crippen molar-refractivity contribution in [3.05, 3.63) is 41.3 Å². The molecular weight excluding hydrogens is 238 g/mol. The van der Waals surface area contributed by atoms with E-state index in [1.54, 1.807) is 6.20 Å². The topological polar surface area (TPSA) is 63.6 Å². The first-order chi connectivity index (χ1) is 8.31. The van der Waals surface area contributed by atoms with Crippen LogP contribution in [-0.4, -0.2) is 19.9 Å². The van der Waals surface area contributed by atoms with Gasteiger partial charge in [-0.2, -0.15) is 0 Å². The number of rotatable bonds is 4. The number of anilines is 1. The van der Waals surface area contributed by atoms with Crippen LogP contribution in [0, 0.1) is 0 Å². The van der Waals surface area contributed by atoms with Crippen LogP contribution in [0.5, 0.6) is 0 Å². The molecule has 2 heterocycles. The van der Waals surface area contributed by atoms with Crippen molar-refractivity contribution in [3.63, 3.8) is 0 Å². The van der Waals surface area contributed by atoms with E-state index in [-0.39, 0.29) is 0 Å². The summed E-state index contributed by atoms with van der Waals surface area (Å²) in [4.78, 5) is 16.1. The van der Waals surface area contributed by atoms with Crippen molar-refractivity contribution in [2.75, 3.05) is 5.32 Å². The minimum atomic E-state index is 0.493. The van der Waals surface area contributed by atoms with Crippen LogP contribution >= 0.6 is 11.6 Å². The Kier molecular flexibility index (Phi) is 3.82. The number of hydrogen-bond donors (Lipinski definition) is 1. The van der Waals surface area contributed by atoms with Gasteiger partial charge in [0.2, 0.25) is 0 Å². The molecule has 0 aliphatic carbocycles. The molecule has 6 heteroatoms. The zero-order valence-corrected chi connectivity index (χ0v) is 10.1. The molecule has 2 aromatic heterocycles. The number of nitrogens with zero attached hydrogens (tertiary/aromatic N) is 4. The Morgan fingerprint density at radius 3 is 2.82 bits per heavy atom. The summed E-state index contributed by atoms with van der Waals surface area (Å²) in [6.07, 6.45) is 5.46. The molecule has 0 radical (unpaired) electrons. The van der Waals surface area contributed by atoms with E-state index in [9.17, 15) is 0 Å². The summed E-state index contributed by atoms with van der Waals surface area (Å²) in [6.45, 7) is 2.60. The van der Waals surface area contributed by atoms with E-state index >= 15 is 0 Å². The van der Waals surface area contributed by atoms with E-state index in [1.807, 2.05) is 13.0 Å². The van der Waals surface area contributed by atoms with Crippen molar-refractivity contribution in [3.8, 4) is 0 Å². The van der Waals surface area contributed by atoms with Crippen LogP contribution in [0.25, 0.3) is 0 Å². The lowest BCUT2D eigenvalue weighted by Gasteiger charge is -2.09. The molecule has 88 valence electrons. The summed E-state index contributed by atoms with van der Waals surface area (Å²) in [5.41, 5.74) is 1.82. The highest BCUT2D eigenvalue weighted by Crippen LogP contribution is 2.20. The Morgan fingerprint density at radius 2 is 2.12 bits per heavy atom. The van der Waals surface area contributed by atoms with Gasteiger partial charge in [-0.05, 0) is 12.5 Å². The van der Waals surface area contributed by atoms with Gasteiger partial charge in [-0.25, -0.2) is 19.9 Å². The van der Waals surface area contributed by atoms with Crippen molar-refractivity contribution >= 4 is 17.4 Å². The van der Waals surface area contributed by atoms with Crippen LogP contribution in [-0.2, 0) is 13.0 Å². The minimum Gasteiger partial charge on any atom is -0.364 e. The smallest absolute Gasteiger partial charge is 0.137 e. The summed E-state index contributed by atoms with van der Waals surface area (Å²) in [5.74, 6) is 0.756. The van der Waals surface area contributed by atoms with Crippen molar-refractivity contribution in [1.82, 2.24) is 19.9 Å². The fourth-order valence-electron chi connectivity index (χ4n) is 1.45. The second-order valence-corrected chi connectivity index (χ2v) is 3.76. The second kappa shape index (κ2) is 5.54. The lowest BCUT2D eigenvalue weighted by molar-refractivity contribution is 0.970. The van der Waals surface area contributed by atoms with Crippen LogP contribution in [0.1, 0.15) is 18.2 Å². The molecular formula is C11H12ClN5. The molecule has 1 N–H and O–H groups in total. The summed E-state index contributed by atoms with van der Waals surface area (Å²) < 4.78 is 0. The maximum Gasteiger partial charge on any atom is 0.137 e. The molecule has 0 aromatic carbocycles. The molecule has 0 bridgehead atoms. The Morgan fingerprint density at radius 1 is 1.24 bits per heavy atom. The number of halogens is 1. The van der Waals surface area contributed by atoms with E-state index in [1.165, 1.54) is 12.7 Å². The van der Waals surface area contributed by atoms with E-state index in [0.717, 1.165) is 23.5 Å². The van der Waals surface area contributed by atoms with Crippen LogP contribution in [0.4, 0.5) is 5.82 Å². The SMILES string of the molecule is CCc1c(Cl)ncnc1NCc1ccncn1. The van der Waals surface area contributed by atoms with E-state index in [4.69, 9.17) is 11.6 Å². The first-order valence-electron chi connectivity index (χ1n) is 5.29. The Labute approximate surface area is 104 Å². The lowest BCUT2D eigenvalue weighted by Crippen LogP contribution is -2.06. The van der Waals surface area contributed by atoms with Gasteiger partial charge in [-0.3, -0.25) is 0 Å². The monoisotopic (exact) mass is 249 g/mol. The maximum atomic E-state index is 5.99. The van der Waals surface area contributed by atoms with Crippen molar-refractivity contribution in [2.45, 2.75) is 19.9 Å². The highest BCUT2D eigenvalue weighted by molar-refractivity contribution is 6.30. The number of hydrogen-bond acceptors (Lipinski definition) is 5. The molecule has 0 fully saturated rings. The van der Waals surface area contributed by atoms with Gasteiger partial charge in [0.05, 0.1) is 12.2 Å². The predicted octanol–water partition coefficient (Wildman–Crippen LogP) is 2.09. The fraction of sp³-hybridized carbons (Fsp3) is 0.273. The largest absolute Gasteiger partial charge is 0.364 e. The summed E-state index contributed by atoms with van der Waals surface area (Å²) in [6, 6.07) is 1.85. The molecule has 0 atom stereocenters. The molecule has 2 rings (SSSR count). The predicted molar refractivity (Wildman–Crippen MR) is 65.8 cm³/mol. The Bertz CT molecular complexity index is 488. The number of aromatic nitrogens is 4. The minimum absolute atomic E-state index is 0.493. The van der Waals surface area contributed by atoms with Gasteiger partial charge in [0.15, 0.2) is 0 Å². The van der Waals surface area contributed by atoms with Crippen molar-refractivity contribution < 1.29 is 0 Å². The number of nitrogens with one attached hydrogen (secondary N) is 1. The molecule has 2 aromatic rings. The standard InChI is InChI=1S/C11H12ClN5/c1-2-9-10(12)16-7-17-11(9)14-5-8-3-4-13-6-15-8/h3-4,6-7H,2,5H2,1H3,(H,14,16,17). The third-order valence-electron chi connectivity index (χ3n) is 2.33. The van der Waals surface area contributed by atoms with Gasteiger partial charge in [0.25, 0.3) is 0 Å². The molecule has 0 unspecified atom stereocenters. The van der Waals surface area contributed by atoms with Gasteiger partial charge in [0.1, 0.15) is 23.6 Å². The lowest BCUT2D eigenvalue weighted by atomic mass is 10.2. The molecule has 0 aliphatic rings. The highest BCUT2D eigenvalue weighted by atomic mass is 35.5. The molecule has 0 amide bonds. The summed E-state index contributed by atoms with van der Waals surface area (Å²) in [5, 5.41) is 3.69. The van der Waals surface area contributed by atoms with Crippen LogP contribution in [0.3, 0.4) is 0 Å². The van der Waals surface area contributed by atoms with Gasteiger partial charge in [-0.1, -0.05) is 18.5 Å². The van der Waals surface area contributed by atoms with E-state index < -0.39 is 0 Å². The zero-order valence-electron chi connectivity index (χ0n) is 9.39. The fourth-order valence-corrected chi connectivity index (χ4v) is 1.72. The van der Waals surface area contributed by atoms with E-state index in [2.05, 4.69) is 25.3 Å². The first-order valence-corrected chi connectivity index (χ1v) is 5.67. The van der Waals surface area contributed by atoms with Crippen LogP contribution in [0.2, 0.25) is 5.15 Å². The third-order valence-corrected chi connectivity index (χ3v) is 2.65. The second-order valence-electron chi connectivity index (χ2n) is 3.40. The quantitative estimate of drug-likeness (QED) is 0.841. The molecule has 5 nitrogen and oxygen atoms in total. The van der Waals surface area contributed by atoms with Crippen LogP contribution in [0.15, 0.2) is 24.9 Å². The Hall–Kier alpha value is -1.75. The average molecular weight is 250 g/mol. The summed E-state index contributed by atoms with van der Waals surface area (Å²) >= 11 is 5.99. The third kappa shape index (κ3) is 2.88. The zero-order chi connectivity index (χ0) is 12.1. The first kappa shape index (κ1) is 11.7. The van der Waals surface area contributed by atoms with Crippen LogP contribution < -0.4 is 5.32 Å². The average Bonchev–Trinajstić information content (AvgIpc) is 2.37. The highest BCUT2D eigenvalue weighted by Gasteiger charge is 2.07. The molecule has 0 aliphatic heterocycles. The Balaban J connectivity index is 2.12. The van der Waals surface area contributed by atoms with Gasteiger partial charge in [-0.15, -0.1) is 0 Å². The van der Waals surface area contributed by atoms with Crippen molar-refractivity contribution in [2.24, 2.45) is 0 Å². The summed E-state index contributed by atoms with van der Waals surface area (Å²) in [7, 11) is 0. The van der Waals surface area contributed by atoms with Gasteiger partial charge >= 0.3 is 0 Å². The van der Waals surface area contributed by atoms with Gasteiger partial charge < -0.3 is 5.32 Å². The molecule has 17 heavy (non-hydrogen) atoms. The van der Waals surface area contributed by atoms with E-state index in [0.29, 0.717) is 11.7 Å². The molecule has 0 saturated carbocycles. The molecule has 0 saturated heterocycles. The normalized spacial score (nSPS) is 10.2.